The molecule has 0 fully saturated rings. The number of carbonyl (C=O) groups excluding carboxylic acids is 2. The summed E-state index contributed by atoms with van der Waals surface area (Å²) in [4.78, 5) is 28.3. The van der Waals surface area contributed by atoms with Gasteiger partial charge in [0.1, 0.15) is 9.71 Å². The Hall–Kier alpha value is -2.15. The fourth-order valence-electron chi connectivity index (χ4n) is 1.56. The smallest absolute Gasteiger partial charge is 0.411 e. The predicted molar refractivity (Wildman–Crippen MR) is 71.6 cm³/mol. The number of ether oxygens (including phenoxy) is 2. The van der Waals surface area contributed by atoms with Crippen molar-refractivity contribution < 1.29 is 19.1 Å². The van der Waals surface area contributed by atoms with Gasteiger partial charge in [-0.3, -0.25) is 5.32 Å². The van der Waals surface area contributed by atoms with Gasteiger partial charge in [0.15, 0.2) is 0 Å². The molecule has 2 aromatic rings. The number of pyridine rings is 1. The molecule has 6 nitrogen and oxygen atoms in total. The van der Waals surface area contributed by atoms with Crippen molar-refractivity contribution in [2.45, 2.75) is 6.92 Å². The molecule has 2 rings (SSSR count). The molecular weight excluding hydrogens is 268 g/mol. The summed E-state index contributed by atoms with van der Waals surface area (Å²) >= 11 is 1.16. The molecule has 0 atom stereocenters. The van der Waals surface area contributed by atoms with Crippen LogP contribution in [0.15, 0.2) is 18.3 Å². The lowest BCUT2D eigenvalue weighted by molar-refractivity contribution is 0.0607. The molecule has 7 heteroatoms. The minimum absolute atomic E-state index is 0.250. The van der Waals surface area contributed by atoms with Crippen molar-refractivity contribution in [2.75, 3.05) is 19.0 Å². The van der Waals surface area contributed by atoms with Crippen LogP contribution in [0.4, 0.5) is 10.5 Å². The number of nitrogens with one attached hydrogen (secondary N) is 1. The van der Waals surface area contributed by atoms with Crippen molar-refractivity contribution in [3.8, 4) is 0 Å². The number of fused-ring (bicyclic) bond motifs is 1. The summed E-state index contributed by atoms with van der Waals surface area (Å²) in [5, 5.41) is 3.24. The highest BCUT2D eigenvalue weighted by molar-refractivity contribution is 7.21. The number of nitrogens with zero attached hydrogens (tertiary/aromatic N) is 1. The van der Waals surface area contributed by atoms with E-state index in [2.05, 4.69) is 10.3 Å². The molecule has 1 N–H and O–H groups in total. The minimum atomic E-state index is -0.615. The van der Waals surface area contributed by atoms with E-state index in [0.29, 0.717) is 20.8 Å². The molecule has 0 bridgehead atoms. The van der Waals surface area contributed by atoms with E-state index in [4.69, 9.17) is 9.47 Å². The zero-order valence-electron chi connectivity index (χ0n) is 10.4. The van der Waals surface area contributed by atoms with E-state index in [0.717, 1.165) is 11.3 Å². The first kappa shape index (κ1) is 13.3. The number of hydrogen-bond donors (Lipinski definition) is 1. The van der Waals surface area contributed by atoms with Gasteiger partial charge >= 0.3 is 12.1 Å². The second kappa shape index (κ2) is 5.66. The third-order valence-corrected chi connectivity index (χ3v) is 3.43. The number of rotatable bonds is 3. The Morgan fingerprint density at radius 2 is 2.26 bits per heavy atom. The molecule has 0 radical (unpaired) electrons. The maximum Gasteiger partial charge on any atom is 0.411 e. The lowest BCUT2D eigenvalue weighted by atomic mass is 10.2. The van der Waals surface area contributed by atoms with Gasteiger partial charge in [-0.15, -0.1) is 11.3 Å². The van der Waals surface area contributed by atoms with Crippen LogP contribution in [0.5, 0.6) is 0 Å². The van der Waals surface area contributed by atoms with Crippen molar-refractivity contribution in [1.29, 1.82) is 0 Å². The summed E-state index contributed by atoms with van der Waals surface area (Å²) in [5.41, 5.74) is 0.374. The Morgan fingerprint density at radius 1 is 1.47 bits per heavy atom. The fourth-order valence-corrected chi connectivity index (χ4v) is 2.58. The highest BCUT2D eigenvalue weighted by Crippen LogP contribution is 2.34. The zero-order valence-corrected chi connectivity index (χ0v) is 11.2. The molecule has 0 aliphatic heterocycles. The van der Waals surface area contributed by atoms with Gasteiger partial charge in [-0.05, 0) is 19.1 Å². The largest absolute Gasteiger partial charge is 0.465 e. The predicted octanol–water partition coefficient (Wildman–Crippen LogP) is 2.65. The Labute approximate surface area is 113 Å². The van der Waals surface area contributed by atoms with Crippen LogP contribution in [0.2, 0.25) is 0 Å². The maximum absolute atomic E-state index is 11.7. The SMILES string of the molecule is CCOC(=O)Nc1c(C(=O)OC)sc2ncccc12. The zero-order chi connectivity index (χ0) is 13.8. The van der Waals surface area contributed by atoms with Crippen LogP contribution in [-0.4, -0.2) is 30.8 Å². The second-order valence-electron chi connectivity index (χ2n) is 3.50. The number of amides is 1. The Balaban J connectivity index is 2.48. The number of anilines is 1. The van der Waals surface area contributed by atoms with E-state index in [-0.39, 0.29) is 6.61 Å². The fraction of sp³-hybridized carbons (Fsp3) is 0.250. The molecule has 19 heavy (non-hydrogen) atoms. The van der Waals surface area contributed by atoms with Crippen molar-refractivity contribution in [3.63, 3.8) is 0 Å². The maximum atomic E-state index is 11.7. The van der Waals surface area contributed by atoms with Gasteiger partial charge in [0, 0.05) is 11.6 Å². The molecule has 0 aromatic carbocycles. The Kier molecular flexibility index (Phi) is 3.96. The Bertz CT molecular complexity index is 623. The Morgan fingerprint density at radius 3 is 2.95 bits per heavy atom. The van der Waals surface area contributed by atoms with Gasteiger partial charge in [0.2, 0.25) is 0 Å². The van der Waals surface area contributed by atoms with Crippen molar-refractivity contribution in [3.05, 3.63) is 23.2 Å². The van der Waals surface area contributed by atoms with E-state index < -0.39 is 12.1 Å². The average Bonchev–Trinajstić information content (AvgIpc) is 2.77. The normalized spacial score (nSPS) is 10.2. The minimum Gasteiger partial charge on any atom is -0.465 e. The van der Waals surface area contributed by atoms with Crippen molar-refractivity contribution in [1.82, 2.24) is 4.98 Å². The molecule has 2 aromatic heterocycles. The number of aromatic nitrogens is 1. The lowest BCUT2D eigenvalue weighted by Gasteiger charge is -2.06. The summed E-state index contributed by atoms with van der Waals surface area (Å²) in [6, 6.07) is 3.50. The number of carbonyl (C=O) groups is 2. The van der Waals surface area contributed by atoms with Crippen LogP contribution >= 0.6 is 11.3 Å². The quantitative estimate of drug-likeness (QED) is 0.874. The molecule has 0 saturated heterocycles. The number of esters is 1. The van der Waals surface area contributed by atoms with Crippen LogP contribution in [0.1, 0.15) is 16.6 Å². The van der Waals surface area contributed by atoms with E-state index in [9.17, 15) is 9.59 Å². The molecule has 0 aliphatic carbocycles. The topological polar surface area (TPSA) is 77.5 Å². The molecule has 0 unspecified atom stereocenters. The van der Waals surface area contributed by atoms with Crippen molar-refractivity contribution >= 4 is 39.3 Å². The first-order valence-corrected chi connectivity index (χ1v) is 6.38. The van der Waals surface area contributed by atoms with E-state index in [1.807, 2.05) is 0 Å². The van der Waals surface area contributed by atoms with E-state index >= 15 is 0 Å². The van der Waals surface area contributed by atoms with Crippen molar-refractivity contribution in [2.24, 2.45) is 0 Å². The second-order valence-corrected chi connectivity index (χ2v) is 4.50. The van der Waals surface area contributed by atoms with Crippen LogP contribution in [0.25, 0.3) is 10.2 Å². The molecule has 2 heterocycles. The first-order valence-electron chi connectivity index (χ1n) is 5.57. The number of methoxy groups -OCH3 is 1. The van der Waals surface area contributed by atoms with E-state index in [1.165, 1.54) is 7.11 Å². The third-order valence-electron chi connectivity index (χ3n) is 2.34. The monoisotopic (exact) mass is 280 g/mol. The lowest BCUT2D eigenvalue weighted by Crippen LogP contribution is -2.15. The molecule has 100 valence electrons. The molecule has 0 saturated carbocycles. The van der Waals surface area contributed by atoms with E-state index in [1.54, 1.807) is 25.3 Å². The summed E-state index contributed by atoms with van der Waals surface area (Å²) in [6.07, 6.45) is 1.00. The van der Waals surface area contributed by atoms with Crippen LogP contribution in [0.3, 0.4) is 0 Å². The van der Waals surface area contributed by atoms with Gasteiger partial charge in [0.05, 0.1) is 19.4 Å². The molecular formula is C12H12N2O4S. The van der Waals surface area contributed by atoms with Gasteiger partial charge in [-0.2, -0.15) is 0 Å². The van der Waals surface area contributed by atoms with Gasteiger partial charge in [0.25, 0.3) is 0 Å². The molecule has 0 aliphatic rings. The van der Waals surface area contributed by atoms with Crippen LogP contribution in [0, 0.1) is 0 Å². The highest BCUT2D eigenvalue weighted by Gasteiger charge is 2.21. The summed E-state index contributed by atoms with van der Waals surface area (Å²) in [5.74, 6) is -0.519. The summed E-state index contributed by atoms with van der Waals surface area (Å²) in [7, 11) is 1.29. The number of hydrogen-bond acceptors (Lipinski definition) is 6. The average molecular weight is 280 g/mol. The summed E-state index contributed by atoms with van der Waals surface area (Å²) in [6.45, 7) is 1.95. The first-order chi connectivity index (χ1) is 9.17. The molecule has 0 spiro atoms. The highest BCUT2D eigenvalue weighted by atomic mass is 32.1. The van der Waals surface area contributed by atoms with Crippen LogP contribution < -0.4 is 5.32 Å². The van der Waals surface area contributed by atoms with Gasteiger partial charge in [-0.25, -0.2) is 14.6 Å². The third kappa shape index (κ3) is 2.65. The molecule has 1 amide bonds. The number of thiophene rings is 1. The van der Waals surface area contributed by atoms with Gasteiger partial charge < -0.3 is 9.47 Å². The van der Waals surface area contributed by atoms with Crippen LogP contribution in [-0.2, 0) is 9.47 Å². The summed E-state index contributed by atoms with van der Waals surface area (Å²) < 4.78 is 9.51. The standard InChI is InChI=1S/C12H12N2O4S/c1-3-18-12(16)14-8-7-5-4-6-13-10(7)19-9(8)11(15)17-2/h4-6H,3H2,1-2H3,(H,14,16). The van der Waals surface area contributed by atoms with Gasteiger partial charge in [-0.1, -0.05) is 0 Å².